The number of nitrogens with two attached hydrogens (primary N) is 1. The van der Waals surface area contributed by atoms with Crippen LogP contribution in [0.1, 0.15) is 59.1 Å². The summed E-state index contributed by atoms with van der Waals surface area (Å²) in [4.78, 5) is 32.0. The van der Waals surface area contributed by atoms with Crippen molar-refractivity contribution in [1.82, 2.24) is 10.2 Å². The van der Waals surface area contributed by atoms with Crippen molar-refractivity contribution in [1.29, 1.82) is 0 Å². The summed E-state index contributed by atoms with van der Waals surface area (Å²) in [7, 11) is 0. The molecule has 1 heterocycles. The van der Waals surface area contributed by atoms with Crippen LogP contribution in [-0.2, 0) is 9.59 Å². The van der Waals surface area contributed by atoms with E-state index in [0.717, 1.165) is 0 Å². The summed E-state index contributed by atoms with van der Waals surface area (Å²) >= 11 is 0. The van der Waals surface area contributed by atoms with Crippen molar-refractivity contribution in [2.45, 2.75) is 65.6 Å². The van der Waals surface area contributed by atoms with Gasteiger partial charge in [-0.15, -0.1) is 0 Å². The van der Waals surface area contributed by atoms with E-state index in [2.05, 4.69) is 15.4 Å². The Labute approximate surface area is 226 Å². The lowest BCUT2D eigenvalue weighted by molar-refractivity contribution is -0.140. The fourth-order valence-corrected chi connectivity index (χ4v) is 4.32. The van der Waals surface area contributed by atoms with E-state index in [1.807, 2.05) is 27.7 Å². The van der Waals surface area contributed by atoms with Gasteiger partial charge < -0.3 is 16.1 Å². The Morgan fingerprint density at radius 1 is 1.03 bits per heavy atom. The molecule has 2 amide bonds. The van der Waals surface area contributed by atoms with Crippen molar-refractivity contribution < 1.29 is 27.2 Å². The lowest BCUT2D eigenvalue weighted by Gasteiger charge is -2.29. The van der Waals surface area contributed by atoms with Crippen molar-refractivity contribution in [2.75, 3.05) is 6.54 Å². The number of benzene rings is 2. The minimum absolute atomic E-state index is 0.0526. The predicted octanol–water partition coefficient (Wildman–Crippen LogP) is 5.14. The monoisotopic (exact) mass is 549 g/mol. The number of hydrogen-bond acceptors (Lipinski definition) is 5. The molecule has 1 aliphatic rings. The van der Waals surface area contributed by atoms with Gasteiger partial charge in [-0.25, -0.2) is 17.6 Å². The molecule has 39 heavy (non-hydrogen) atoms. The van der Waals surface area contributed by atoms with Crippen molar-refractivity contribution >= 4 is 24.2 Å². The van der Waals surface area contributed by atoms with Crippen LogP contribution in [0.15, 0.2) is 40.4 Å². The molecule has 1 aliphatic heterocycles. The Hall–Kier alpha value is -3.76. The molecule has 3 atom stereocenters. The molecule has 3 unspecified atom stereocenters. The van der Waals surface area contributed by atoms with E-state index in [1.54, 1.807) is 6.92 Å². The van der Waals surface area contributed by atoms with E-state index in [4.69, 9.17) is 5.84 Å². The Morgan fingerprint density at radius 3 is 2.15 bits per heavy atom. The van der Waals surface area contributed by atoms with E-state index >= 15 is 0 Å². The highest BCUT2D eigenvalue weighted by Crippen LogP contribution is 2.30. The SMILES string of the molecule is CC.CC(NC(=O)C1CCCN1C(=O)C(N=C/C=N\N)C(C)C)c1ccc(-c2c(F)c(F)cc(F)c2F)cc1. The molecule has 3 rings (SSSR count). The van der Waals surface area contributed by atoms with Crippen molar-refractivity contribution in [3.8, 4) is 11.1 Å². The maximum atomic E-state index is 14.1. The number of hydrazone groups is 1. The van der Waals surface area contributed by atoms with Crippen LogP contribution < -0.4 is 11.2 Å². The first-order chi connectivity index (χ1) is 18.6. The molecule has 7 nitrogen and oxygen atoms in total. The van der Waals surface area contributed by atoms with E-state index in [9.17, 15) is 27.2 Å². The first-order valence-electron chi connectivity index (χ1n) is 12.9. The van der Waals surface area contributed by atoms with Crippen LogP contribution in [0.4, 0.5) is 17.6 Å². The van der Waals surface area contributed by atoms with Gasteiger partial charge in [-0.3, -0.25) is 14.6 Å². The lowest BCUT2D eigenvalue weighted by Crippen LogP contribution is -2.50. The number of amides is 2. The molecule has 0 saturated carbocycles. The number of likely N-dealkylation sites (tertiary alicyclic amines) is 1. The smallest absolute Gasteiger partial charge is 0.248 e. The second-order valence-electron chi connectivity index (χ2n) is 9.17. The summed E-state index contributed by atoms with van der Waals surface area (Å²) in [6.07, 6.45) is 3.78. The summed E-state index contributed by atoms with van der Waals surface area (Å²) < 4.78 is 55.4. The fourth-order valence-electron chi connectivity index (χ4n) is 4.32. The van der Waals surface area contributed by atoms with Gasteiger partial charge in [0.25, 0.3) is 0 Å². The zero-order valence-corrected chi connectivity index (χ0v) is 22.7. The Kier molecular flexibility index (Phi) is 11.6. The number of rotatable bonds is 8. The maximum Gasteiger partial charge on any atom is 0.248 e. The molecule has 11 heteroatoms. The molecule has 1 saturated heterocycles. The van der Waals surface area contributed by atoms with Crippen molar-refractivity contribution in [3.05, 3.63) is 59.2 Å². The summed E-state index contributed by atoms with van der Waals surface area (Å²) in [5.74, 6) is -1.61. The van der Waals surface area contributed by atoms with Crippen LogP contribution in [0, 0.1) is 29.2 Å². The molecule has 0 spiro atoms. The van der Waals surface area contributed by atoms with Crippen LogP contribution in [0.2, 0.25) is 0 Å². The summed E-state index contributed by atoms with van der Waals surface area (Å²) in [5, 5.41) is 6.20. The van der Waals surface area contributed by atoms with Crippen LogP contribution in [-0.4, -0.2) is 47.8 Å². The number of hydrogen-bond donors (Lipinski definition) is 2. The highest BCUT2D eigenvalue weighted by Gasteiger charge is 2.38. The summed E-state index contributed by atoms with van der Waals surface area (Å²) in [5.41, 5.74) is -0.263. The second kappa shape index (κ2) is 14.4. The van der Waals surface area contributed by atoms with E-state index < -0.39 is 47.0 Å². The Balaban J connectivity index is 0.00000260. The Morgan fingerprint density at radius 2 is 1.62 bits per heavy atom. The number of nitrogens with one attached hydrogen (secondary N) is 1. The number of aliphatic imine (C=N–C) groups is 1. The molecule has 0 aliphatic carbocycles. The molecule has 0 radical (unpaired) electrons. The standard InChI is InChI=1S/C26H29F4N5O2.C2H6/c1-14(2)24(32-10-11-33-31)26(37)35-12-4-5-20(35)25(36)34-15(3)16-6-8-17(9-7-16)21-22(29)18(27)13-19(28)23(21)30;1-2/h6-11,13-15,20,24H,4-5,12,31H2,1-3H3,(H,34,36);1-2H3/b32-10?,33-11-;. The molecule has 0 bridgehead atoms. The first kappa shape index (κ1) is 31.5. The topological polar surface area (TPSA) is 100 Å². The summed E-state index contributed by atoms with van der Waals surface area (Å²) in [6, 6.07) is 3.92. The molecule has 3 N–H and O–H groups in total. The van der Waals surface area contributed by atoms with Gasteiger partial charge in [0.05, 0.1) is 17.8 Å². The van der Waals surface area contributed by atoms with Gasteiger partial charge in [0.1, 0.15) is 12.1 Å². The molecule has 1 fully saturated rings. The third kappa shape index (κ3) is 7.42. The van der Waals surface area contributed by atoms with Gasteiger partial charge in [0, 0.05) is 18.8 Å². The van der Waals surface area contributed by atoms with Crippen molar-refractivity contribution in [2.24, 2.45) is 21.9 Å². The number of carbonyl (C=O) groups is 2. The van der Waals surface area contributed by atoms with Gasteiger partial charge in [0.15, 0.2) is 23.3 Å². The van der Waals surface area contributed by atoms with Gasteiger partial charge >= 0.3 is 0 Å². The van der Waals surface area contributed by atoms with E-state index in [1.165, 1.54) is 41.6 Å². The molecule has 2 aromatic carbocycles. The molecular weight excluding hydrogens is 514 g/mol. The summed E-state index contributed by atoms with van der Waals surface area (Å²) in [6.45, 7) is 9.84. The minimum atomic E-state index is -1.49. The van der Waals surface area contributed by atoms with Crippen LogP contribution >= 0.6 is 0 Å². The van der Waals surface area contributed by atoms with Crippen molar-refractivity contribution in [3.63, 3.8) is 0 Å². The average molecular weight is 550 g/mol. The molecular formula is C28H35F4N5O2. The Bertz CT molecular complexity index is 1180. The highest BCUT2D eigenvalue weighted by molar-refractivity contribution is 6.16. The molecule has 212 valence electrons. The van der Waals surface area contributed by atoms with Gasteiger partial charge in [0.2, 0.25) is 11.8 Å². The largest absolute Gasteiger partial charge is 0.348 e. The van der Waals surface area contributed by atoms with E-state index in [0.29, 0.717) is 24.9 Å². The molecule has 2 aromatic rings. The number of nitrogens with zero attached hydrogens (tertiary/aromatic N) is 3. The lowest BCUT2D eigenvalue weighted by atomic mass is 9.99. The zero-order chi connectivity index (χ0) is 29.3. The normalized spacial score (nSPS) is 16.9. The van der Waals surface area contributed by atoms with Gasteiger partial charge in [-0.2, -0.15) is 5.10 Å². The zero-order valence-electron chi connectivity index (χ0n) is 22.7. The van der Waals surface area contributed by atoms with Gasteiger partial charge in [-0.1, -0.05) is 52.0 Å². The minimum Gasteiger partial charge on any atom is -0.348 e. The fraction of sp³-hybridized carbons (Fsp3) is 0.429. The average Bonchev–Trinajstić information content (AvgIpc) is 3.41. The third-order valence-corrected chi connectivity index (χ3v) is 6.29. The highest BCUT2D eigenvalue weighted by atomic mass is 19.2. The first-order valence-corrected chi connectivity index (χ1v) is 12.9. The number of carbonyl (C=O) groups excluding carboxylic acids is 2. The van der Waals surface area contributed by atoms with E-state index in [-0.39, 0.29) is 29.4 Å². The quantitative estimate of drug-likeness (QED) is 0.157. The number of halogens is 4. The van der Waals surface area contributed by atoms with Crippen LogP contribution in [0.5, 0.6) is 0 Å². The third-order valence-electron chi connectivity index (χ3n) is 6.29. The molecule has 0 aromatic heterocycles. The van der Waals surface area contributed by atoms with Crippen LogP contribution in [0.3, 0.4) is 0 Å². The predicted molar refractivity (Wildman–Crippen MR) is 144 cm³/mol. The maximum absolute atomic E-state index is 14.1. The second-order valence-corrected chi connectivity index (χ2v) is 9.17. The van der Waals surface area contributed by atoms with Crippen LogP contribution in [0.25, 0.3) is 11.1 Å². The van der Waals surface area contributed by atoms with Gasteiger partial charge in [-0.05, 0) is 36.8 Å².